The molecule has 6 nitrogen and oxygen atoms in total. The lowest BCUT2D eigenvalue weighted by molar-refractivity contribution is -0.111. The van der Waals surface area contributed by atoms with Gasteiger partial charge in [-0.15, -0.1) is 0 Å². The maximum absolute atomic E-state index is 12.0. The summed E-state index contributed by atoms with van der Waals surface area (Å²) in [6.45, 7) is 0. The molecule has 0 saturated heterocycles. The number of nitrogens with one attached hydrogen (secondary N) is 2. The largest absolute Gasteiger partial charge is 0.465 e. The van der Waals surface area contributed by atoms with Crippen LogP contribution in [-0.2, 0) is 9.53 Å². The minimum absolute atomic E-state index is 0.168. The molecule has 2 amide bonds. The number of esters is 1. The summed E-state index contributed by atoms with van der Waals surface area (Å²) >= 11 is 0. The van der Waals surface area contributed by atoms with E-state index in [4.69, 9.17) is 0 Å². The van der Waals surface area contributed by atoms with Crippen molar-refractivity contribution >= 4 is 29.5 Å². The number of hydrogen-bond acceptors (Lipinski definition) is 4. The van der Waals surface area contributed by atoms with Gasteiger partial charge in [0.05, 0.1) is 12.7 Å². The van der Waals surface area contributed by atoms with Crippen LogP contribution in [0.3, 0.4) is 0 Å². The fraction of sp³-hybridized carbons (Fsp3) is 0.105. The molecule has 6 heteroatoms. The zero-order valence-corrected chi connectivity index (χ0v) is 13.9. The number of carbonyl (C=O) groups is 3. The second kappa shape index (κ2) is 8.44. The third-order valence-electron chi connectivity index (χ3n) is 3.38. The van der Waals surface area contributed by atoms with Crippen molar-refractivity contribution in [2.75, 3.05) is 19.5 Å². The lowest BCUT2D eigenvalue weighted by Gasteiger charge is -2.04. The Morgan fingerprint density at radius 1 is 1.00 bits per heavy atom. The molecule has 0 atom stereocenters. The summed E-state index contributed by atoms with van der Waals surface area (Å²) in [5, 5.41) is 5.21. The molecule has 128 valence electrons. The summed E-state index contributed by atoms with van der Waals surface area (Å²) in [6, 6.07) is 13.3. The van der Waals surface area contributed by atoms with E-state index in [-0.39, 0.29) is 11.8 Å². The molecule has 0 saturated carbocycles. The van der Waals surface area contributed by atoms with Gasteiger partial charge < -0.3 is 15.4 Å². The fourth-order valence-electron chi connectivity index (χ4n) is 2.09. The highest BCUT2D eigenvalue weighted by molar-refractivity contribution is 6.02. The first-order valence-corrected chi connectivity index (χ1v) is 7.53. The first-order valence-electron chi connectivity index (χ1n) is 7.53. The Balaban J connectivity index is 2.01. The van der Waals surface area contributed by atoms with Crippen LogP contribution in [0.15, 0.2) is 54.6 Å². The summed E-state index contributed by atoms with van der Waals surface area (Å²) in [5.74, 6) is -0.973. The Kier molecular flexibility index (Phi) is 6.06. The van der Waals surface area contributed by atoms with Crippen molar-refractivity contribution in [2.45, 2.75) is 0 Å². The molecule has 0 unspecified atom stereocenters. The number of benzene rings is 2. The Hall–Kier alpha value is -3.41. The van der Waals surface area contributed by atoms with Crippen LogP contribution in [0.4, 0.5) is 5.69 Å². The number of hydrogen-bond donors (Lipinski definition) is 2. The van der Waals surface area contributed by atoms with Gasteiger partial charge in [0.15, 0.2) is 0 Å². The fourth-order valence-corrected chi connectivity index (χ4v) is 2.09. The summed E-state index contributed by atoms with van der Waals surface area (Å²) in [7, 11) is 2.86. The highest BCUT2D eigenvalue weighted by Crippen LogP contribution is 2.12. The van der Waals surface area contributed by atoms with Crippen LogP contribution < -0.4 is 10.6 Å². The van der Waals surface area contributed by atoms with Crippen LogP contribution >= 0.6 is 0 Å². The zero-order chi connectivity index (χ0) is 18.2. The van der Waals surface area contributed by atoms with Gasteiger partial charge in [0, 0.05) is 24.4 Å². The zero-order valence-electron chi connectivity index (χ0n) is 13.9. The van der Waals surface area contributed by atoms with Gasteiger partial charge in [0.1, 0.15) is 0 Å². The molecule has 0 aliphatic rings. The van der Waals surface area contributed by atoms with E-state index in [1.54, 1.807) is 55.6 Å². The standard InChI is InChI=1S/C19H18N2O4/c1-20-18(23)14-9-6-13(7-10-14)8-11-17(22)21-16-5-3-4-15(12-16)19(24)25-2/h3-12H,1-2H3,(H,20,23)(H,21,22)/b11-8+. The lowest BCUT2D eigenvalue weighted by atomic mass is 10.1. The van der Waals surface area contributed by atoms with E-state index in [0.29, 0.717) is 16.8 Å². The molecule has 0 aromatic heterocycles. The van der Waals surface area contributed by atoms with Crippen LogP contribution in [0.5, 0.6) is 0 Å². The molecular weight excluding hydrogens is 320 g/mol. The van der Waals surface area contributed by atoms with E-state index in [2.05, 4.69) is 15.4 Å². The summed E-state index contributed by atoms with van der Waals surface area (Å²) in [6.07, 6.45) is 3.01. The highest BCUT2D eigenvalue weighted by Gasteiger charge is 2.06. The topological polar surface area (TPSA) is 84.5 Å². The van der Waals surface area contributed by atoms with Crippen LogP contribution in [0.2, 0.25) is 0 Å². The van der Waals surface area contributed by atoms with Gasteiger partial charge >= 0.3 is 5.97 Å². The van der Waals surface area contributed by atoms with Crippen molar-refractivity contribution in [2.24, 2.45) is 0 Å². The average molecular weight is 338 g/mol. The molecule has 0 radical (unpaired) electrons. The van der Waals surface area contributed by atoms with E-state index >= 15 is 0 Å². The smallest absolute Gasteiger partial charge is 0.337 e. The summed E-state index contributed by atoms with van der Waals surface area (Å²) < 4.78 is 4.64. The molecule has 2 rings (SSSR count). The van der Waals surface area contributed by atoms with Gasteiger partial charge in [-0.1, -0.05) is 18.2 Å². The van der Waals surface area contributed by atoms with Crippen LogP contribution in [0.25, 0.3) is 6.08 Å². The molecule has 0 aliphatic heterocycles. The number of rotatable bonds is 5. The van der Waals surface area contributed by atoms with Crippen LogP contribution in [0.1, 0.15) is 26.3 Å². The van der Waals surface area contributed by atoms with Crippen LogP contribution in [-0.4, -0.2) is 31.9 Å². The van der Waals surface area contributed by atoms with E-state index in [0.717, 1.165) is 5.56 Å². The third-order valence-corrected chi connectivity index (χ3v) is 3.38. The average Bonchev–Trinajstić information content (AvgIpc) is 2.65. The molecule has 0 heterocycles. The number of ether oxygens (including phenoxy) is 1. The Morgan fingerprint density at radius 3 is 2.36 bits per heavy atom. The van der Waals surface area contributed by atoms with Crippen LogP contribution in [0, 0.1) is 0 Å². The molecule has 0 spiro atoms. The van der Waals surface area contributed by atoms with Gasteiger partial charge in [0.2, 0.25) is 5.91 Å². The van der Waals surface area contributed by atoms with E-state index < -0.39 is 5.97 Å². The van der Waals surface area contributed by atoms with Crippen molar-refractivity contribution in [1.29, 1.82) is 0 Å². The van der Waals surface area contributed by atoms with Crippen molar-refractivity contribution in [3.05, 3.63) is 71.3 Å². The molecule has 2 N–H and O–H groups in total. The predicted molar refractivity (Wildman–Crippen MR) is 95.3 cm³/mol. The SMILES string of the molecule is CNC(=O)c1ccc(/C=C/C(=O)Nc2cccc(C(=O)OC)c2)cc1. The number of amides is 2. The molecule has 0 fully saturated rings. The molecule has 2 aromatic carbocycles. The number of carbonyl (C=O) groups excluding carboxylic acids is 3. The second-order valence-corrected chi connectivity index (χ2v) is 5.10. The maximum atomic E-state index is 12.0. The Labute approximate surface area is 145 Å². The molecule has 2 aromatic rings. The van der Waals surface area contributed by atoms with Gasteiger partial charge in [-0.2, -0.15) is 0 Å². The van der Waals surface area contributed by atoms with Crippen molar-refractivity contribution in [3.63, 3.8) is 0 Å². The van der Waals surface area contributed by atoms with Gasteiger partial charge in [-0.05, 0) is 42.0 Å². The van der Waals surface area contributed by atoms with Gasteiger partial charge in [-0.3, -0.25) is 9.59 Å². The maximum Gasteiger partial charge on any atom is 0.337 e. The van der Waals surface area contributed by atoms with Gasteiger partial charge in [-0.25, -0.2) is 4.79 Å². The normalized spacial score (nSPS) is 10.3. The van der Waals surface area contributed by atoms with E-state index in [9.17, 15) is 14.4 Å². The van der Waals surface area contributed by atoms with Crippen molar-refractivity contribution in [3.8, 4) is 0 Å². The quantitative estimate of drug-likeness (QED) is 0.648. The monoisotopic (exact) mass is 338 g/mol. The summed E-state index contributed by atoms with van der Waals surface area (Å²) in [4.78, 5) is 34.9. The number of anilines is 1. The highest BCUT2D eigenvalue weighted by atomic mass is 16.5. The van der Waals surface area contributed by atoms with Crippen molar-refractivity contribution in [1.82, 2.24) is 5.32 Å². The summed E-state index contributed by atoms with van der Waals surface area (Å²) in [5.41, 5.74) is 2.18. The van der Waals surface area contributed by atoms with E-state index in [1.807, 2.05) is 0 Å². The first kappa shape index (κ1) is 17.9. The predicted octanol–water partition coefficient (Wildman–Crippen LogP) is 2.48. The third kappa shape index (κ3) is 5.04. The first-order chi connectivity index (χ1) is 12.0. The molecule has 25 heavy (non-hydrogen) atoms. The van der Waals surface area contributed by atoms with E-state index in [1.165, 1.54) is 19.3 Å². The van der Waals surface area contributed by atoms with Gasteiger partial charge in [0.25, 0.3) is 5.91 Å². The minimum Gasteiger partial charge on any atom is -0.465 e. The lowest BCUT2D eigenvalue weighted by Crippen LogP contribution is -2.17. The Bertz CT molecular complexity index is 810. The molecule has 0 bridgehead atoms. The molecule has 0 aliphatic carbocycles. The molecular formula is C19H18N2O4. The second-order valence-electron chi connectivity index (χ2n) is 5.10. The minimum atomic E-state index is -0.470. The van der Waals surface area contributed by atoms with Crippen molar-refractivity contribution < 1.29 is 19.1 Å². The number of methoxy groups -OCH3 is 1. The Morgan fingerprint density at radius 2 is 1.72 bits per heavy atom.